The van der Waals surface area contributed by atoms with Gasteiger partial charge in [-0.1, -0.05) is 0 Å². The molecule has 10 nitrogen and oxygen atoms in total. The van der Waals surface area contributed by atoms with Crippen molar-refractivity contribution in [3.8, 4) is 11.5 Å². The number of carboxylic acid groups (broad SMARTS) is 2. The van der Waals surface area contributed by atoms with Gasteiger partial charge >= 0.3 is 11.9 Å². The van der Waals surface area contributed by atoms with E-state index in [4.69, 9.17) is 16.6 Å². The number of amides is 1. The standard InChI is InChI=1S/C15H21N3O7S/c16-2-1-12(20)18-9(15(24)25)3-7-4-10(19)13(21)11(5-7)26-6-8(17)14(22)23/h4-5,8-9,19,21H,1-3,6,16-17H2,(H,18,20)(H,22,23)(H,24,25)/t8-,9-/m0/s1. The molecular weight excluding hydrogens is 366 g/mol. The van der Waals surface area contributed by atoms with Gasteiger partial charge in [0.15, 0.2) is 11.5 Å². The summed E-state index contributed by atoms with van der Waals surface area (Å²) in [5, 5.41) is 40.0. The largest absolute Gasteiger partial charge is 0.504 e. The van der Waals surface area contributed by atoms with E-state index in [1.54, 1.807) is 0 Å². The van der Waals surface area contributed by atoms with E-state index in [0.29, 0.717) is 5.56 Å². The molecule has 11 heteroatoms. The number of rotatable bonds is 10. The normalized spacial score (nSPS) is 13.0. The Balaban J connectivity index is 2.95. The lowest BCUT2D eigenvalue weighted by molar-refractivity contribution is -0.141. The molecule has 0 aliphatic carbocycles. The molecule has 1 rings (SSSR count). The summed E-state index contributed by atoms with van der Waals surface area (Å²) in [7, 11) is 0. The summed E-state index contributed by atoms with van der Waals surface area (Å²) in [5.41, 5.74) is 11.0. The van der Waals surface area contributed by atoms with Crippen LogP contribution in [0.15, 0.2) is 17.0 Å². The van der Waals surface area contributed by atoms with Crippen LogP contribution in [0.1, 0.15) is 12.0 Å². The maximum absolute atomic E-state index is 11.6. The van der Waals surface area contributed by atoms with Crippen LogP contribution in [-0.4, -0.2) is 62.7 Å². The second-order valence-electron chi connectivity index (χ2n) is 5.42. The Kier molecular flexibility index (Phi) is 8.16. The molecule has 9 N–H and O–H groups in total. The fourth-order valence-electron chi connectivity index (χ4n) is 1.96. The van der Waals surface area contributed by atoms with Crippen molar-refractivity contribution >= 4 is 29.6 Å². The van der Waals surface area contributed by atoms with Gasteiger partial charge in [0.25, 0.3) is 0 Å². The molecule has 0 aliphatic rings. The summed E-state index contributed by atoms with van der Waals surface area (Å²) < 4.78 is 0. The van der Waals surface area contributed by atoms with Crippen LogP contribution in [0.3, 0.4) is 0 Å². The monoisotopic (exact) mass is 387 g/mol. The molecule has 1 aromatic carbocycles. The zero-order chi connectivity index (χ0) is 19.9. The smallest absolute Gasteiger partial charge is 0.326 e. The van der Waals surface area contributed by atoms with E-state index in [9.17, 15) is 29.7 Å². The third kappa shape index (κ3) is 6.43. The van der Waals surface area contributed by atoms with Crippen molar-refractivity contribution in [2.45, 2.75) is 29.8 Å². The quantitative estimate of drug-likeness (QED) is 0.194. The Labute approximate surface area is 153 Å². The number of phenolic OH excluding ortho intramolecular Hbond substituents is 2. The number of benzene rings is 1. The highest BCUT2D eigenvalue weighted by Crippen LogP contribution is 2.37. The van der Waals surface area contributed by atoms with Gasteiger partial charge in [-0.25, -0.2) is 4.79 Å². The van der Waals surface area contributed by atoms with Crippen molar-refractivity contribution in [3.05, 3.63) is 17.7 Å². The van der Waals surface area contributed by atoms with Crippen molar-refractivity contribution in [2.75, 3.05) is 12.3 Å². The van der Waals surface area contributed by atoms with Gasteiger partial charge in [0, 0.05) is 25.1 Å². The average molecular weight is 387 g/mol. The van der Waals surface area contributed by atoms with Gasteiger partial charge in [-0.3, -0.25) is 9.59 Å². The lowest BCUT2D eigenvalue weighted by Crippen LogP contribution is -2.42. The number of hydrogen-bond donors (Lipinski definition) is 7. The molecule has 0 heterocycles. The molecule has 0 saturated heterocycles. The van der Waals surface area contributed by atoms with Gasteiger partial charge in [0.05, 0.1) is 4.90 Å². The Morgan fingerprint density at radius 1 is 1.15 bits per heavy atom. The summed E-state index contributed by atoms with van der Waals surface area (Å²) in [6.07, 6.45) is -0.184. The van der Waals surface area contributed by atoms with Crippen LogP contribution in [0.5, 0.6) is 11.5 Å². The first kappa shape index (κ1) is 21.5. The lowest BCUT2D eigenvalue weighted by Gasteiger charge is -2.16. The first-order valence-corrected chi connectivity index (χ1v) is 8.52. The maximum Gasteiger partial charge on any atom is 0.326 e. The van der Waals surface area contributed by atoms with Gasteiger partial charge < -0.3 is 37.2 Å². The molecule has 1 amide bonds. The van der Waals surface area contributed by atoms with E-state index in [-0.39, 0.29) is 30.0 Å². The third-order valence-corrected chi connectivity index (χ3v) is 4.44. The predicted octanol–water partition coefficient (Wildman–Crippen LogP) is -0.937. The molecule has 0 saturated carbocycles. The zero-order valence-electron chi connectivity index (χ0n) is 13.7. The van der Waals surface area contributed by atoms with Crippen molar-refractivity contribution in [3.63, 3.8) is 0 Å². The highest BCUT2D eigenvalue weighted by atomic mass is 32.2. The van der Waals surface area contributed by atoms with Crippen LogP contribution >= 0.6 is 11.8 Å². The van der Waals surface area contributed by atoms with E-state index in [1.807, 2.05) is 0 Å². The summed E-state index contributed by atoms with van der Waals surface area (Å²) in [6.45, 7) is 0.0722. The predicted molar refractivity (Wildman–Crippen MR) is 93.0 cm³/mol. The summed E-state index contributed by atoms with van der Waals surface area (Å²) >= 11 is 0.902. The second-order valence-corrected chi connectivity index (χ2v) is 6.48. The molecule has 0 fully saturated rings. The molecule has 2 atom stereocenters. The molecule has 26 heavy (non-hydrogen) atoms. The Morgan fingerprint density at radius 2 is 1.81 bits per heavy atom. The van der Waals surface area contributed by atoms with Gasteiger partial charge in [-0.05, 0) is 17.7 Å². The lowest BCUT2D eigenvalue weighted by atomic mass is 10.0. The highest BCUT2D eigenvalue weighted by Gasteiger charge is 2.22. The Bertz CT molecular complexity index is 683. The number of carbonyl (C=O) groups excluding carboxylic acids is 1. The molecule has 0 radical (unpaired) electrons. The van der Waals surface area contributed by atoms with E-state index in [2.05, 4.69) is 5.32 Å². The highest BCUT2D eigenvalue weighted by molar-refractivity contribution is 7.99. The number of nitrogens with two attached hydrogens (primary N) is 2. The van der Waals surface area contributed by atoms with Crippen molar-refractivity contribution in [1.82, 2.24) is 5.32 Å². The van der Waals surface area contributed by atoms with Crippen LogP contribution in [0, 0.1) is 0 Å². The van der Waals surface area contributed by atoms with Crippen molar-refractivity contribution in [1.29, 1.82) is 0 Å². The number of nitrogens with one attached hydrogen (secondary N) is 1. The van der Waals surface area contributed by atoms with Crippen LogP contribution in [0.2, 0.25) is 0 Å². The molecule has 0 spiro atoms. The van der Waals surface area contributed by atoms with Crippen LogP contribution in [0.4, 0.5) is 0 Å². The molecule has 0 aromatic heterocycles. The fraction of sp³-hybridized carbons (Fsp3) is 0.400. The first-order chi connectivity index (χ1) is 12.1. The zero-order valence-corrected chi connectivity index (χ0v) is 14.5. The van der Waals surface area contributed by atoms with Gasteiger partial charge in [-0.2, -0.15) is 0 Å². The number of aromatic hydroxyl groups is 2. The second kappa shape index (κ2) is 9.85. The SMILES string of the molecule is NCCC(=O)N[C@@H](Cc1cc(O)c(O)c(SC[C@H](N)C(=O)O)c1)C(=O)O. The Morgan fingerprint density at radius 3 is 2.35 bits per heavy atom. The maximum atomic E-state index is 11.6. The minimum atomic E-state index is -1.27. The number of carboxylic acids is 2. The van der Waals surface area contributed by atoms with E-state index in [0.717, 1.165) is 11.8 Å². The number of hydrogen-bond acceptors (Lipinski definition) is 8. The van der Waals surface area contributed by atoms with Gasteiger partial charge in [0.2, 0.25) is 5.91 Å². The number of phenols is 2. The molecule has 1 aromatic rings. The Hall–Kier alpha value is -2.50. The number of thioether (sulfide) groups is 1. The average Bonchev–Trinajstić information content (AvgIpc) is 2.55. The van der Waals surface area contributed by atoms with E-state index in [1.165, 1.54) is 12.1 Å². The van der Waals surface area contributed by atoms with Crippen LogP contribution in [0.25, 0.3) is 0 Å². The van der Waals surface area contributed by atoms with Gasteiger partial charge in [0.1, 0.15) is 12.1 Å². The number of carbonyl (C=O) groups is 3. The molecule has 0 unspecified atom stereocenters. The summed E-state index contributed by atoms with van der Waals surface area (Å²) in [4.78, 5) is 33.8. The van der Waals surface area contributed by atoms with Crippen LogP contribution < -0.4 is 16.8 Å². The molecule has 0 bridgehead atoms. The molecule has 0 aliphatic heterocycles. The third-order valence-electron chi connectivity index (χ3n) is 3.29. The summed E-state index contributed by atoms with van der Waals surface area (Å²) in [5.74, 6) is -4.04. The first-order valence-electron chi connectivity index (χ1n) is 7.54. The van der Waals surface area contributed by atoms with Crippen molar-refractivity contribution in [2.24, 2.45) is 11.5 Å². The minimum absolute atomic E-state index is 0.0290. The summed E-state index contributed by atoms with van der Waals surface area (Å²) in [6, 6.07) is 0.144. The van der Waals surface area contributed by atoms with Crippen LogP contribution in [-0.2, 0) is 20.8 Å². The topological polar surface area (TPSA) is 196 Å². The molecular formula is C15H21N3O7S. The van der Waals surface area contributed by atoms with E-state index < -0.39 is 41.4 Å². The molecule has 144 valence electrons. The fourth-order valence-corrected chi connectivity index (χ4v) is 2.94. The number of aliphatic carboxylic acids is 2. The van der Waals surface area contributed by atoms with Crippen molar-refractivity contribution < 1.29 is 34.8 Å². The van der Waals surface area contributed by atoms with Gasteiger partial charge in [-0.15, -0.1) is 11.8 Å². The van der Waals surface area contributed by atoms with E-state index >= 15 is 0 Å². The minimum Gasteiger partial charge on any atom is -0.504 e.